The second-order valence-electron chi connectivity index (χ2n) is 4.37. The standard InChI is InChI=1S/C13H19BN2O4/c15-13(18)5-2-8-20-11-4-1-3-10(9-11)12(17)6-7-16-14-19/h1,3-4,9,12,16-17H,2,5-8H2,(H2,15,18). The molecule has 1 atom stereocenters. The van der Waals surface area contributed by atoms with Crippen molar-refractivity contribution in [3.8, 4) is 5.75 Å². The van der Waals surface area contributed by atoms with Gasteiger partial charge in [-0.05, 0) is 0 Å². The molecule has 0 saturated carbocycles. The van der Waals surface area contributed by atoms with Gasteiger partial charge < -0.3 is 5.73 Å². The summed E-state index contributed by atoms with van der Waals surface area (Å²) in [6.45, 7) is 0.809. The van der Waals surface area contributed by atoms with Gasteiger partial charge in [-0.3, -0.25) is 4.79 Å². The Morgan fingerprint density at radius 3 is 3.00 bits per heavy atom. The molecule has 0 aliphatic carbocycles. The Morgan fingerprint density at radius 2 is 2.30 bits per heavy atom. The Labute approximate surface area is 118 Å². The number of ether oxygens (including phenoxy) is 1. The number of amides is 1. The molecule has 7 heteroatoms. The second-order valence-corrected chi connectivity index (χ2v) is 4.37. The van der Waals surface area contributed by atoms with Crippen LogP contribution in [0.5, 0.6) is 5.75 Å². The van der Waals surface area contributed by atoms with Gasteiger partial charge in [0.1, 0.15) is 0 Å². The normalized spacial score (nSPS) is 11.4. The van der Waals surface area contributed by atoms with E-state index in [9.17, 15) is 14.6 Å². The third kappa shape index (κ3) is 6.33. The van der Waals surface area contributed by atoms with Gasteiger partial charge in [-0.15, -0.1) is 0 Å². The molecular formula is C13H19BN2O4. The Kier molecular flexibility index (Phi) is 7.35. The molecule has 1 rings (SSSR count). The molecule has 0 aromatic heterocycles. The predicted octanol–water partition coefficient (Wildman–Crippen LogP) is 0.309. The first-order valence-electron chi connectivity index (χ1n) is 6.49. The number of aliphatic hydroxyl groups is 1. The summed E-state index contributed by atoms with van der Waals surface area (Å²) in [4.78, 5) is 10.6. The number of nitrogens with one attached hydrogen (secondary N) is 1. The SMILES string of the molecule is NC(=O)CCCOc1cccc(C(O)CCNB=O)c1. The maximum atomic E-state index is 10.6. The summed E-state index contributed by atoms with van der Waals surface area (Å²) in [5, 5.41) is 12.4. The van der Waals surface area contributed by atoms with Gasteiger partial charge in [0.25, 0.3) is 0 Å². The summed E-state index contributed by atoms with van der Waals surface area (Å²) in [5.74, 6) is 0.287. The summed E-state index contributed by atoms with van der Waals surface area (Å²) in [7, 11) is 0.602. The topological polar surface area (TPSA) is 102 Å². The molecule has 20 heavy (non-hydrogen) atoms. The van der Waals surface area contributed by atoms with Crippen LogP contribution in [-0.2, 0) is 9.50 Å². The van der Waals surface area contributed by atoms with Gasteiger partial charge in [0.2, 0.25) is 0 Å². The molecule has 4 N–H and O–H groups in total. The van der Waals surface area contributed by atoms with E-state index in [2.05, 4.69) is 5.23 Å². The first-order chi connectivity index (χ1) is 9.63. The van der Waals surface area contributed by atoms with Crippen LogP contribution in [0.3, 0.4) is 0 Å². The van der Waals surface area contributed by atoms with Gasteiger partial charge in [0, 0.05) is 0 Å². The number of primary amides is 1. The van der Waals surface area contributed by atoms with Crippen LogP contribution in [0, 0.1) is 0 Å². The Morgan fingerprint density at radius 1 is 1.50 bits per heavy atom. The fraction of sp³-hybridized carbons (Fsp3) is 0.462. The minimum atomic E-state index is -0.656. The zero-order chi connectivity index (χ0) is 14.8. The van der Waals surface area contributed by atoms with Crippen molar-refractivity contribution in [2.75, 3.05) is 13.2 Å². The van der Waals surface area contributed by atoms with E-state index in [0.29, 0.717) is 45.4 Å². The summed E-state index contributed by atoms with van der Waals surface area (Å²) < 4.78 is 15.6. The molecule has 1 aromatic carbocycles. The number of aliphatic hydroxyl groups excluding tert-OH is 1. The van der Waals surface area contributed by atoms with Crippen molar-refractivity contribution < 1.29 is 19.3 Å². The number of carbonyl (C=O) groups is 1. The van der Waals surface area contributed by atoms with Gasteiger partial charge >= 0.3 is 107 Å². The van der Waals surface area contributed by atoms with Crippen LogP contribution in [0.4, 0.5) is 0 Å². The van der Waals surface area contributed by atoms with Crippen LogP contribution >= 0.6 is 0 Å². The number of carbonyl (C=O) groups excluding carboxylic acids is 1. The van der Waals surface area contributed by atoms with Crippen molar-refractivity contribution in [2.45, 2.75) is 25.4 Å². The van der Waals surface area contributed by atoms with Gasteiger partial charge in [-0.1, -0.05) is 0 Å². The molecule has 108 valence electrons. The van der Waals surface area contributed by atoms with Crippen LogP contribution in [0.15, 0.2) is 24.3 Å². The van der Waals surface area contributed by atoms with E-state index in [1.54, 1.807) is 24.3 Å². The van der Waals surface area contributed by atoms with E-state index in [-0.39, 0.29) is 5.91 Å². The van der Waals surface area contributed by atoms with Crippen molar-refractivity contribution in [2.24, 2.45) is 5.73 Å². The fourth-order valence-electron chi connectivity index (χ4n) is 1.69. The van der Waals surface area contributed by atoms with E-state index in [0.717, 1.165) is 5.56 Å². The zero-order valence-electron chi connectivity index (χ0n) is 11.2. The zero-order valence-corrected chi connectivity index (χ0v) is 11.2. The summed E-state index contributed by atoms with van der Waals surface area (Å²) >= 11 is 0. The second kappa shape index (κ2) is 9.09. The third-order valence-corrected chi connectivity index (χ3v) is 2.72. The summed E-state index contributed by atoms with van der Waals surface area (Å²) in [6.07, 6.45) is 0.631. The molecule has 0 aliphatic heterocycles. The molecule has 0 spiro atoms. The van der Waals surface area contributed by atoms with Crippen molar-refractivity contribution in [3.63, 3.8) is 0 Å². The number of hydrogen-bond acceptors (Lipinski definition) is 4. The Balaban J connectivity index is 2.43. The maximum absolute atomic E-state index is 10.6. The number of hydrogen-bond donors (Lipinski definition) is 3. The molecule has 1 aromatic rings. The van der Waals surface area contributed by atoms with E-state index in [1.807, 2.05) is 0 Å². The monoisotopic (exact) mass is 278 g/mol. The molecule has 1 unspecified atom stereocenters. The summed E-state index contributed by atoms with van der Waals surface area (Å²) in [5.41, 5.74) is 5.76. The van der Waals surface area contributed by atoms with Crippen LogP contribution in [0.1, 0.15) is 30.9 Å². The predicted molar refractivity (Wildman–Crippen MR) is 74.4 cm³/mol. The van der Waals surface area contributed by atoms with Gasteiger partial charge in [-0.25, -0.2) is 0 Å². The van der Waals surface area contributed by atoms with E-state index in [1.165, 1.54) is 0 Å². The molecule has 0 aliphatic rings. The van der Waals surface area contributed by atoms with Crippen LogP contribution in [-0.4, -0.2) is 31.5 Å². The first kappa shape index (κ1) is 16.2. The Hall–Kier alpha value is -1.89. The van der Waals surface area contributed by atoms with E-state index in [4.69, 9.17) is 10.5 Å². The van der Waals surface area contributed by atoms with Crippen LogP contribution < -0.4 is 15.7 Å². The van der Waals surface area contributed by atoms with Crippen molar-refractivity contribution in [3.05, 3.63) is 29.8 Å². The van der Waals surface area contributed by atoms with Crippen molar-refractivity contribution in [1.82, 2.24) is 5.23 Å². The molecule has 6 nitrogen and oxygen atoms in total. The van der Waals surface area contributed by atoms with E-state index >= 15 is 0 Å². The summed E-state index contributed by atoms with van der Waals surface area (Å²) in [6, 6.07) is 7.11. The molecular weight excluding hydrogens is 259 g/mol. The van der Waals surface area contributed by atoms with Gasteiger partial charge in [-0.2, -0.15) is 0 Å². The fourth-order valence-corrected chi connectivity index (χ4v) is 1.69. The molecule has 1 amide bonds. The van der Waals surface area contributed by atoms with Gasteiger partial charge in [0.05, 0.1) is 0 Å². The first-order valence-corrected chi connectivity index (χ1v) is 6.49. The minimum absolute atomic E-state index is 0.291. The molecule has 0 heterocycles. The number of benzene rings is 1. The quantitative estimate of drug-likeness (QED) is 0.422. The van der Waals surface area contributed by atoms with Crippen molar-refractivity contribution in [1.29, 1.82) is 0 Å². The molecule has 0 fully saturated rings. The van der Waals surface area contributed by atoms with Crippen LogP contribution in [0.25, 0.3) is 0 Å². The number of nitrogens with two attached hydrogens (primary N) is 1. The molecule has 0 bridgehead atoms. The number of rotatable bonds is 10. The molecule has 0 saturated heterocycles. The van der Waals surface area contributed by atoms with Crippen molar-refractivity contribution >= 4 is 13.2 Å². The Bertz CT molecular complexity index is 442. The van der Waals surface area contributed by atoms with Crippen LogP contribution in [0.2, 0.25) is 0 Å². The average molecular weight is 278 g/mol. The van der Waals surface area contributed by atoms with Gasteiger partial charge in [0.15, 0.2) is 0 Å². The molecule has 0 radical (unpaired) electrons. The van der Waals surface area contributed by atoms with E-state index < -0.39 is 6.10 Å². The third-order valence-electron chi connectivity index (χ3n) is 2.72. The average Bonchev–Trinajstić information content (AvgIpc) is 2.44.